The summed E-state index contributed by atoms with van der Waals surface area (Å²) in [5.41, 5.74) is 8.83. The highest BCUT2D eigenvalue weighted by molar-refractivity contribution is 5.72. The summed E-state index contributed by atoms with van der Waals surface area (Å²) in [5.74, 6) is -2.52. The van der Waals surface area contributed by atoms with Crippen molar-refractivity contribution in [2.45, 2.75) is 90.0 Å². The number of hydrogen-bond acceptors (Lipinski definition) is 13. The van der Waals surface area contributed by atoms with Gasteiger partial charge in [0, 0.05) is 74.3 Å². The van der Waals surface area contributed by atoms with Crippen LogP contribution in [-0.4, -0.2) is 129 Å². The number of nitrogens with one attached hydrogen (secondary N) is 2. The lowest BCUT2D eigenvalue weighted by Gasteiger charge is -2.34. The summed E-state index contributed by atoms with van der Waals surface area (Å²) in [5, 5.41) is 48.2. The quantitative estimate of drug-likeness (QED) is 0.0649. The molecule has 4 atom stereocenters. The number of nitrogens with zero attached hydrogens (tertiary/aromatic N) is 11. The SMILES string of the molecule is CCC[C@H](C(=O)O)[C@H](Cc1ccc(-c2cncc(CN3CCCCC3)c2)cc1)c1nn[nH]n1.CCC[C@H](C(=O)O)[C@H](Cc1ccc(-c2cncc(N3CCN(C)CC3)c2)cc1)c1nn[nH]n1. The fourth-order valence-corrected chi connectivity index (χ4v) is 9.20. The number of H-pyrrole nitrogens is 2. The molecule has 66 heavy (non-hydrogen) atoms. The molecule has 8 rings (SSSR count). The van der Waals surface area contributed by atoms with E-state index in [0.29, 0.717) is 37.3 Å². The van der Waals surface area contributed by atoms with Gasteiger partial charge in [-0.05, 0) is 98.6 Å². The molecule has 17 heteroatoms. The molecule has 0 bridgehead atoms. The van der Waals surface area contributed by atoms with Crippen molar-refractivity contribution < 1.29 is 19.8 Å². The summed E-state index contributed by atoms with van der Waals surface area (Å²) in [6.07, 6.45) is 15.4. The zero-order valence-corrected chi connectivity index (χ0v) is 38.3. The summed E-state index contributed by atoms with van der Waals surface area (Å²) in [6.45, 7) is 11.4. The van der Waals surface area contributed by atoms with E-state index in [9.17, 15) is 19.8 Å². The van der Waals surface area contributed by atoms with Gasteiger partial charge in [-0.25, -0.2) is 0 Å². The summed E-state index contributed by atoms with van der Waals surface area (Å²) in [7, 11) is 2.15. The van der Waals surface area contributed by atoms with Crippen LogP contribution in [0.1, 0.15) is 99.0 Å². The largest absolute Gasteiger partial charge is 0.481 e. The molecule has 348 valence electrons. The third-order valence-electron chi connectivity index (χ3n) is 12.9. The molecule has 0 saturated carbocycles. The van der Waals surface area contributed by atoms with E-state index in [0.717, 1.165) is 97.7 Å². The molecule has 2 aromatic carbocycles. The lowest BCUT2D eigenvalue weighted by molar-refractivity contribution is -0.144. The Bertz CT molecular complexity index is 2380. The maximum absolute atomic E-state index is 11.9. The van der Waals surface area contributed by atoms with E-state index in [1.807, 2.05) is 38.6 Å². The number of benzene rings is 2. The lowest BCUT2D eigenvalue weighted by Crippen LogP contribution is -2.44. The maximum atomic E-state index is 11.9. The normalized spacial score (nSPS) is 16.4. The summed E-state index contributed by atoms with van der Waals surface area (Å²) in [6, 6.07) is 20.9. The number of hydrogen-bond donors (Lipinski definition) is 4. The number of aromatic nitrogens is 10. The van der Waals surface area contributed by atoms with Gasteiger partial charge in [0.2, 0.25) is 0 Å². The van der Waals surface area contributed by atoms with Crippen LogP contribution >= 0.6 is 0 Å². The van der Waals surface area contributed by atoms with Crippen molar-refractivity contribution in [2.75, 3.05) is 51.2 Å². The first-order valence-corrected chi connectivity index (χ1v) is 23.3. The van der Waals surface area contributed by atoms with Crippen molar-refractivity contribution >= 4 is 17.6 Å². The van der Waals surface area contributed by atoms with Crippen molar-refractivity contribution in [1.29, 1.82) is 0 Å². The van der Waals surface area contributed by atoms with Gasteiger partial charge in [0.1, 0.15) is 0 Å². The van der Waals surface area contributed by atoms with Crippen LogP contribution in [0.2, 0.25) is 0 Å². The van der Waals surface area contributed by atoms with E-state index in [4.69, 9.17) is 0 Å². The number of aromatic amines is 2. The van der Waals surface area contributed by atoms with Crippen LogP contribution in [0.15, 0.2) is 85.5 Å². The van der Waals surface area contributed by atoms with Gasteiger partial charge in [-0.3, -0.25) is 24.5 Å². The first-order chi connectivity index (χ1) is 32.2. The number of likely N-dealkylation sites (N-methyl/N-ethyl adjacent to an activating group) is 1. The fraction of sp³-hybridized carbons (Fsp3) is 0.469. The molecule has 2 aliphatic heterocycles. The second-order valence-corrected chi connectivity index (χ2v) is 17.7. The Kier molecular flexibility index (Phi) is 17.0. The van der Waals surface area contributed by atoms with E-state index in [2.05, 4.69) is 134 Å². The van der Waals surface area contributed by atoms with Crippen molar-refractivity contribution in [3.63, 3.8) is 0 Å². The van der Waals surface area contributed by atoms with Gasteiger partial charge in [-0.2, -0.15) is 10.4 Å². The third-order valence-corrected chi connectivity index (χ3v) is 12.9. The molecule has 0 radical (unpaired) electrons. The molecule has 0 amide bonds. The number of piperazine rings is 1. The highest BCUT2D eigenvalue weighted by Crippen LogP contribution is 2.33. The zero-order valence-electron chi connectivity index (χ0n) is 38.3. The van der Waals surface area contributed by atoms with Crippen LogP contribution in [0.25, 0.3) is 22.3 Å². The molecule has 0 unspecified atom stereocenters. The second-order valence-electron chi connectivity index (χ2n) is 17.7. The molecular formula is C49H63N13O4. The summed E-state index contributed by atoms with van der Waals surface area (Å²) in [4.78, 5) is 40.0. The lowest BCUT2D eigenvalue weighted by atomic mass is 9.83. The second kappa shape index (κ2) is 23.6. The van der Waals surface area contributed by atoms with E-state index in [1.165, 1.54) is 24.8 Å². The number of anilines is 1. The van der Waals surface area contributed by atoms with Gasteiger partial charge in [0.15, 0.2) is 11.6 Å². The van der Waals surface area contributed by atoms with Crippen LogP contribution in [-0.2, 0) is 29.0 Å². The van der Waals surface area contributed by atoms with Crippen LogP contribution in [0.4, 0.5) is 5.69 Å². The predicted octanol–water partition coefficient (Wildman–Crippen LogP) is 6.92. The van der Waals surface area contributed by atoms with E-state index in [-0.39, 0.29) is 11.8 Å². The Labute approximate surface area is 386 Å². The highest BCUT2D eigenvalue weighted by Gasteiger charge is 2.33. The van der Waals surface area contributed by atoms with Gasteiger partial charge in [-0.15, -0.1) is 20.4 Å². The molecule has 2 saturated heterocycles. The Balaban J connectivity index is 0.000000196. The minimum Gasteiger partial charge on any atom is -0.481 e. The topological polar surface area (TPSA) is 219 Å². The van der Waals surface area contributed by atoms with Crippen LogP contribution < -0.4 is 4.90 Å². The van der Waals surface area contributed by atoms with Gasteiger partial charge in [0.05, 0.1) is 23.7 Å². The molecule has 4 N–H and O–H groups in total. The number of tetrazole rings is 2. The smallest absolute Gasteiger partial charge is 0.307 e. The number of piperidine rings is 1. The third kappa shape index (κ3) is 12.9. The molecule has 2 aliphatic rings. The zero-order chi connectivity index (χ0) is 46.3. The van der Waals surface area contributed by atoms with Crippen LogP contribution in [0.3, 0.4) is 0 Å². The predicted molar refractivity (Wildman–Crippen MR) is 251 cm³/mol. The number of carboxylic acids is 2. The monoisotopic (exact) mass is 898 g/mol. The summed E-state index contributed by atoms with van der Waals surface area (Å²) >= 11 is 0. The number of carbonyl (C=O) groups is 2. The number of likely N-dealkylation sites (tertiary alicyclic amines) is 1. The number of aliphatic carboxylic acids is 2. The van der Waals surface area contributed by atoms with Gasteiger partial charge in [0.25, 0.3) is 0 Å². The van der Waals surface area contributed by atoms with Crippen molar-refractivity contribution in [1.82, 2.24) is 61.0 Å². The van der Waals surface area contributed by atoms with E-state index in [1.54, 1.807) is 0 Å². The Morgan fingerprint density at radius 1 is 0.606 bits per heavy atom. The minimum atomic E-state index is -0.824. The minimum absolute atomic E-state index is 0.332. The van der Waals surface area contributed by atoms with E-state index >= 15 is 0 Å². The van der Waals surface area contributed by atoms with Crippen molar-refractivity contribution in [3.8, 4) is 22.3 Å². The van der Waals surface area contributed by atoms with E-state index < -0.39 is 23.8 Å². The number of pyridine rings is 2. The van der Waals surface area contributed by atoms with Gasteiger partial charge < -0.3 is 20.0 Å². The Hall–Kier alpha value is -6.46. The van der Waals surface area contributed by atoms with Crippen molar-refractivity contribution in [2.24, 2.45) is 11.8 Å². The average Bonchev–Trinajstić information content (AvgIpc) is 4.09. The fourth-order valence-electron chi connectivity index (χ4n) is 9.20. The maximum Gasteiger partial charge on any atom is 0.307 e. The number of rotatable bonds is 19. The molecule has 17 nitrogen and oxygen atoms in total. The van der Waals surface area contributed by atoms with Crippen LogP contribution in [0.5, 0.6) is 0 Å². The standard InChI is InChI=1S/C25H32N6O2.C24H31N7O2/c1-2-6-22(25(32)33)23(24-27-29-30-28-24)14-18-7-9-20(10-8-18)21-13-19(15-26-16-21)17-31-11-4-3-5-12-31;1-3-4-21(24(32)33)22(23-26-28-29-27-23)13-17-5-7-18(8-6-17)19-14-20(16-25-15-19)31-11-9-30(2)10-12-31/h7-10,13,15-16,22-23H,2-6,11-12,14,17H2,1H3,(H,32,33)(H,27,28,29,30);5-8,14-16,21-22H,3-4,9-13H2,1-2H3,(H,32,33)(H,26,27,28,29)/t22-,23-;21-,22-/m00/s1. The first-order valence-electron chi connectivity index (χ1n) is 23.3. The molecule has 2 fully saturated rings. The van der Waals surface area contributed by atoms with Gasteiger partial charge in [-0.1, -0.05) is 92.1 Å². The molecular weight excluding hydrogens is 835 g/mol. The highest BCUT2D eigenvalue weighted by atomic mass is 16.4. The first kappa shape index (κ1) is 47.5. The Morgan fingerprint density at radius 2 is 1.11 bits per heavy atom. The average molecular weight is 898 g/mol. The van der Waals surface area contributed by atoms with Gasteiger partial charge >= 0.3 is 11.9 Å². The number of carboxylic acid groups (broad SMARTS) is 2. The summed E-state index contributed by atoms with van der Waals surface area (Å²) < 4.78 is 0. The molecule has 0 aliphatic carbocycles. The molecule has 4 aromatic heterocycles. The molecule has 6 aromatic rings. The molecule has 6 heterocycles. The Morgan fingerprint density at radius 3 is 1.58 bits per heavy atom. The van der Waals surface area contributed by atoms with Crippen LogP contribution in [0, 0.1) is 11.8 Å². The molecule has 0 spiro atoms. The van der Waals surface area contributed by atoms with Crippen molar-refractivity contribution in [3.05, 3.63) is 114 Å².